The number of ether oxygens (including phenoxy) is 1. The average Bonchev–Trinajstić information content (AvgIpc) is 3.21. The van der Waals surface area contributed by atoms with Crippen molar-refractivity contribution in [1.29, 1.82) is 0 Å². The second-order valence-electron chi connectivity index (χ2n) is 7.80. The summed E-state index contributed by atoms with van der Waals surface area (Å²) in [4.78, 5) is 1.52. The summed E-state index contributed by atoms with van der Waals surface area (Å²) in [7, 11) is -4.48. The molecule has 0 saturated carbocycles. The third kappa shape index (κ3) is 4.97. The number of anilines is 1. The molecule has 201 valence electrons. The van der Waals surface area contributed by atoms with Crippen LogP contribution in [0.15, 0.2) is 64.5 Å². The lowest BCUT2D eigenvalue weighted by atomic mass is 10.1. The molecule has 0 fully saturated rings. The Hall–Kier alpha value is -3.88. The molecule has 0 aliphatic heterocycles. The second kappa shape index (κ2) is 8.85. The van der Waals surface area contributed by atoms with E-state index in [2.05, 4.69) is 4.98 Å². The Morgan fingerprint density at radius 1 is 0.842 bits per heavy atom. The first kappa shape index (κ1) is 27.2. The number of halogens is 9. The van der Waals surface area contributed by atoms with E-state index in [-0.39, 0.29) is 17.0 Å². The van der Waals surface area contributed by atoms with E-state index >= 15 is 0 Å². The minimum Gasteiger partial charge on any atom is -0.456 e. The Morgan fingerprint density at radius 2 is 1.47 bits per heavy atom. The number of rotatable bonds is 4. The van der Waals surface area contributed by atoms with Gasteiger partial charge in [-0.25, -0.2) is 8.42 Å². The fourth-order valence-electron chi connectivity index (χ4n) is 3.57. The molecule has 0 aliphatic carbocycles. The first-order valence-corrected chi connectivity index (χ1v) is 11.6. The Labute approximate surface area is 207 Å². The topological polar surface area (TPSA) is 85.2 Å². The fraction of sp³-hybridized carbons (Fsp3) is 0.130. The van der Waals surface area contributed by atoms with Gasteiger partial charge >= 0.3 is 18.5 Å². The summed E-state index contributed by atoms with van der Waals surface area (Å²) in [6.07, 6.45) is -14.4. The molecule has 38 heavy (non-hydrogen) atoms. The molecule has 0 amide bonds. The van der Waals surface area contributed by atoms with Gasteiger partial charge in [0.15, 0.2) is 5.75 Å². The highest BCUT2D eigenvalue weighted by Crippen LogP contribution is 2.48. The second-order valence-corrected chi connectivity index (χ2v) is 9.72. The predicted octanol–water partition coefficient (Wildman–Crippen LogP) is 7.23. The van der Waals surface area contributed by atoms with Gasteiger partial charge in [0.2, 0.25) is 9.84 Å². The van der Waals surface area contributed by atoms with E-state index in [1.165, 1.54) is 0 Å². The Kier molecular flexibility index (Phi) is 6.33. The summed E-state index contributed by atoms with van der Waals surface area (Å²) in [5, 5.41) is -0.208. The van der Waals surface area contributed by atoms with Crippen LogP contribution in [0.5, 0.6) is 11.5 Å². The number of fused-ring (bicyclic) bond motifs is 1. The highest BCUT2D eigenvalue weighted by Gasteiger charge is 2.44. The van der Waals surface area contributed by atoms with Crippen molar-refractivity contribution in [2.75, 3.05) is 5.73 Å². The number of aromatic amines is 1. The Morgan fingerprint density at radius 3 is 2.03 bits per heavy atom. The number of hydrogen-bond acceptors (Lipinski definition) is 4. The van der Waals surface area contributed by atoms with Gasteiger partial charge in [-0.05, 0) is 48.5 Å². The van der Waals surface area contributed by atoms with Gasteiger partial charge < -0.3 is 15.5 Å². The molecule has 3 N–H and O–H groups in total. The van der Waals surface area contributed by atoms with Crippen LogP contribution in [0.1, 0.15) is 16.7 Å². The molecule has 3 aromatic carbocycles. The van der Waals surface area contributed by atoms with Crippen molar-refractivity contribution in [3.63, 3.8) is 0 Å². The molecule has 1 radical (unpaired) electrons. The number of H-pyrrole nitrogens is 1. The zero-order valence-corrected chi connectivity index (χ0v) is 19.1. The van der Waals surface area contributed by atoms with Gasteiger partial charge in [0.05, 0.1) is 26.6 Å². The zero-order chi connectivity index (χ0) is 28.3. The van der Waals surface area contributed by atoms with Gasteiger partial charge in [0.25, 0.3) is 0 Å². The maximum Gasteiger partial charge on any atom is 0.422 e. The number of aromatic nitrogens is 1. The monoisotopic (exact) mass is 567 g/mol. The predicted molar refractivity (Wildman–Crippen MR) is 115 cm³/mol. The smallest absolute Gasteiger partial charge is 0.422 e. The standard InChI is InChI=1S/C23H12F9N2O3S/c24-21(25,26)11-1-4-13(5-2-11)38(35,36)18-10-34-17-8-3-12(9-14(17)18)37-20-15(22(27,28)29)6-7-16(33)19(20)23(30,31)32/h1-6,8-10,34H,33H2. The fourth-order valence-corrected chi connectivity index (χ4v) is 4.99. The molecule has 0 saturated heterocycles. The Balaban J connectivity index is 1.83. The molecule has 15 heteroatoms. The first-order valence-electron chi connectivity index (χ1n) is 10.1. The summed E-state index contributed by atoms with van der Waals surface area (Å²) in [5.74, 6) is -2.27. The average molecular weight is 567 g/mol. The van der Waals surface area contributed by atoms with Crippen molar-refractivity contribution in [2.45, 2.75) is 28.3 Å². The molecule has 0 aliphatic rings. The van der Waals surface area contributed by atoms with Crippen molar-refractivity contribution in [2.24, 2.45) is 0 Å². The van der Waals surface area contributed by atoms with Crippen molar-refractivity contribution in [3.8, 4) is 11.5 Å². The van der Waals surface area contributed by atoms with Crippen LogP contribution in [0, 0.1) is 6.07 Å². The van der Waals surface area contributed by atoms with Crippen molar-refractivity contribution < 1.29 is 52.7 Å². The highest BCUT2D eigenvalue weighted by molar-refractivity contribution is 7.91. The lowest BCUT2D eigenvalue weighted by Gasteiger charge is -2.20. The zero-order valence-electron chi connectivity index (χ0n) is 18.3. The minimum atomic E-state index is -5.37. The SMILES string of the molecule is Nc1[c]cc(C(F)(F)F)c(Oc2ccc3[nH]cc(S(=O)(=O)c4ccc(C(F)(F)F)cc4)c3c2)c1C(F)(F)F. The van der Waals surface area contributed by atoms with E-state index in [1.807, 2.05) is 0 Å². The van der Waals surface area contributed by atoms with Gasteiger partial charge in [-0.1, -0.05) is 0 Å². The van der Waals surface area contributed by atoms with Crippen LogP contribution in [0.2, 0.25) is 0 Å². The lowest BCUT2D eigenvalue weighted by Crippen LogP contribution is -2.16. The van der Waals surface area contributed by atoms with Crippen molar-refractivity contribution in [3.05, 3.63) is 77.5 Å². The van der Waals surface area contributed by atoms with E-state index < -0.39 is 72.0 Å². The minimum absolute atomic E-state index is 0.0934. The number of benzene rings is 3. The van der Waals surface area contributed by atoms with Gasteiger partial charge in [-0.15, -0.1) is 0 Å². The van der Waals surface area contributed by atoms with Gasteiger partial charge in [0, 0.05) is 23.2 Å². The molecule has 0 atom stereocenters. The van der Waals surface area contributed by atoms with E-state index in [0.717, 1.165) is 24.4 Å². The van der Waals surface area contributed by atoms with E-state index in [0.29, 0.717) is 24.3 Å². The number of alkyl halides is 9. The molecule has 0 spiro atoms. The summed E-state index contributed by atoms with van der Waals surface area (Å²) >= 11 is 0. The number of nitrogen functional groups attached to an aromatic ring is 1. The number of hydrogen-bond donors (Lipinski definition) is 2. The molecule has 1 aromatic heterocycles. The largest absolute Gasteiger partial charge is 0.456 e. The molecule has 0 unspecified atom stereocenters. The molecule has 4 aromatic rings. The molecule has 5 nitrogen and oxygen atoms in total. The van der Waals surface area contributed by atoms with Crippen molar-refractivity contribution >= 4 is 26.4 Å². The number of sulfone groups is 1. The molecule has 4 rings (SSSR count). The summed E-state index contributed by atoms with van der Waals surface area (Å²) in [6, 6.07) is 7.40. The third-order valence-corrected chi connectivity index (χ3v) is 7.13. The van der Waals surface area contributed by atoms with Crippen LogP contribution < -0.4 is 10.5 Å². The van der Waals surface area contributed by atoms with Gasteiger partial charge in [-0.3, -0.25) is 0 Å². The van der Waals surface area contributed by atoms with Crippen LogP contribution in [0.3, 0.4) is 0 Å². The summed E-state index contributed by atoms with van der Waals surface area (Å²) < 4.78 is 151. The number of nitrogens with one attached hydrogen (secondary N) is 1. The molecular weight excluding hydrogens is 555 g/mol. The van der Waals surface area contributed by atoms with E-state index in [9.17, 15) is 47.9 Å². The van der Waals surface area contributed by atoms with Crippen LogP contribution in [0.25, 0.3) is 10.9 Å². The summed E-state index contributed by atoms with van der Waals surface area (Å²) in [5.41, 5.74) is -0.677. The van der Waals surface area contributed by atoms with Gasteiger partial charge in [-0.2, -0.15) is 39.5 Å². The maximum atomic E-state index is 13.6. The van der Waals surface area contributed by atoms with Crippen LogP contribution in [-0.2, 0) is 28.4 Å². The third-order valence-electron chi connectivity index (χ3n) is 5.32. The van der Waals surface area contributed by atoms with Crippen LogP contribution >= 0.6 is 0 Å². The van der Waals surface area contributed by atoms with Crippen LogP contribution in [-0.4, -0.2) is 13.4 Å². The normalized spacial score (nSPS) is 13.2. The quantitative estimate of drug-likeness (QED) is 0.201. The van der Waals surface area contributed by atoms with E-state index in [4.69, 9.17) is 10.5 Å². The molecule has 0 bridgehead atoms. The van der Waals surface area contributed by atoms with Crippen LogP contribution in [0.4, 0.5) is 45.2 Å². The first-order chi connectivity index (χ1) is 17.4. The van der Waals surface area contributed by atoms with Crippen molar-refractivity contribution in [1.82, 2.24) is 4.98 Å². The highest BCUT2D eigenvalue weighted by atomic mass is 32.2. The summed E-state index contributed by atoms with van der Waals surface area (Å²) in [6.45, 7) is 0. The number of nitrogens with two attached hydrogens (primary N) is 1. The maximum absolute atomic E-state index is 13.6. The molecular formula is C23H12F9N2O3S. The van der Waals surface area contributed by atoms with Gasteiger partial charge in [0.1, 0.15) is 11.3 Å². The van der Waals surface area contributed by atoms with E-state index in [1.54, 1.807) is 6.07 Å². The Bertz CT molecular complexity index is 1620. The lowest BCUT2D eigenvalue weighted by molar-refractivity contribution is -0.144. The molecule has 1 heterocycles.